The Morgan fingerprint density at radius 3 is 2.48 bits per heavy atom. The van der Waals surface area contributed by atoms with Gasteiger partial charge in [0.2, 0.25) is 5.91 Å². The summed E-state index contributed by atoms with van der Waals surface area (Å²) in [7, 11) is 1.89. The Hall–Kier alpha value is -2.08. The Kier molecular flexibility index (Phi) is 6.42. The van der Waals surface area contributed by atoms with Crippen molar-refractivity contribution < 1.29 is 14.7 Å². The molecular formula is C19H29N3O3. The van der Waals surface area contributed by atoms with Crippen LogP contribution in [-0.4, -0.2) is 72.6 Å². The van der Waals surface area contributed by atoms with E-state index in [0.29, 0.717) is 31.1 Å². The fraction of sp³-hybridized carbons (Fsp3) is 0.579. The number of likely N-dealkylation sites (N-methyl/N-ethyl adjacent to an activating group) is 1. The number of aliphatic hydroxyl groups is 1. The van der Waals surface area contributed by atoms with Gasteiger partial charge in [0.25, 0.3) is 5.91 Å². The van der Waals surface area contributed by atoms with Gasteiger partial charge in [0.1, 0.15) is 6.04 Å². The molecule has 1 aliphatic heterocycles. The molecule has 0 aliphatic carbocycles. The Bertz CT molecular complexity index is 600. The molecule has 1 fully saturated rings. The van der Waals surface area contributed by atoms with Crippen molar-refractivity contribution in [2.45, 2.75) is 26.8 Å². The van der Waals surface area contributed by atoms with Crippen LogP contribution in [0.2, 0.25) is 0 Å². The molecule has 1 heterocycles. The van der Waals surface area contributed by atoms with Crippen LogP contribution >= 0.6 is 0 Å². The maximum Gasteiger partial charge on any atom is 0.254 e. The largest absolute Gasteiger partial charge is 0.395 e. The maximum atomic E-state index is 12.8. The molecule has 1 N–H and O–H groups in total. The topological polar surface area (TPSA) is 64.1 Å². The van der Waals surface area contributed by atoms with E-state index in [2.05, 4.69) is 13.8 Å². The summed E-state index contributed by atoms with van der Waals surface area (Å²) < 4.78 is 0. The predicted molar refractivity (Wildman–Crippen MR) is 98.7 cm³/mol. The lowest BCUT2D eigenvalue weighted by Gasteiger charge is -2.39. The second-order valence-electron chi connectivity index (χ2n) is 7.04. The highest BCUT2D eigenvalue weighted by Crippen LogP contribution is 2.19. The van der Waals surface area contributed by atoms with Crippen molar-refractivity contribution in [2.24, 2.45) is 5.92 Å². The summed E-state index contributed by atoms with van der Waals surface area (Å²) in [6.07, 6.45) is 0. The van der Waals surface area contributed by atoms with Crippen LogP contribution in [0.5, 0.6) is 0 Å². The molecular weight excluding hydrogens is 318 g/mol. The van der Waals surface area contributed by atoms with Gasteiger partial charge in [0.05, 0.1) is 6.61 Å². The summed E-state index contributed by atoms with van der Waals surface area (Å²) in [5.74, 6) is 0.330. The zero-order valence-electron chi connectivity index (χ0n) is 15.6. The van der Waals surface area contributed by atoms with E-state index < -0.39 is 6.04 Å². The fourth-order valence-electron chi connectivity index (χ4n) is 3.13. The third-order valence-corrected chi connectivity index (χ3v) is 4.58. The van der Waals surface area contributed by atoms with Gasteiger partial charge in [-0.05, 0) is 37.1 Å². The number of nitrogens with zero attached hydrogens (tertiary/aromatic N) is 3. The Morgan fingerprint density at radius 1 is 1.28 bits per heavy atom. The van der Waals surface area contributed by atoms with Crippen LogP contribution in [0.25, 0.3) is 0 Å². The molecule has 1 aromatic rings. The third-order valence-electron chi connectivity index (χ3n) is 4.58. The summed E-state index contributed by atoms with van der Waals surface area (Å²) in [6, 6.07) is 6.86. The number of piperazine rings is 1. The quantitative estimate of drug-likeness (QED) is 0.846. The summed E-state index contributed by atoms with van der Waals surface area (Å²) >= 11 is 0. The summed E-state index contributed by atoms with van der Waals surface area (Å²) in [6.45, 7) is 8.48. The summed E-state index contributed by atoms with van der Waals surface area (Å²) in [4.78, 5) is 30.8. The SMILES string of the molecule is CC(C)CN1CCN(C(=O)c2ccc(N(C)CCO)cc2)[C@H](C)C1=O. The molecule has 0 aromatic heterocycles. The molecule has 0 saturated carbocycles. The molecule has 0 spiro atoms. The van der Waals surface area contributed by atoms with Crippen molar-refractivity contribution in [3.8, 4) is 0 Å². The third kappa shape index (κ3) is 4.51. The molecule has 0 unspecified atom stereocenters. The average molecular weight is 347 g/mol. The lowest BCUT2D eigenvalue weighted by molar-refractivity contribution is -0.140. The first-order chi connectivity index (χ1) is 11.8. The Morgan fingerprint density at radius 2 is 1.92 bits per heavy atom. The molecule has 0 bridgehead atoms. The van der Waals surface area contributed by atoms with Gasteiger partial charge in [-0.2, -0.15) is 0 Å². The van der Waals surface area contributed by atoms with Crippen molar-refractivity contribution in [2.75, 3.05) is 44.7 Å². The highest BCUT2D eigenvalue weighted by molar-refractivity contribution is 5.98. The van der Waals surface area contributed by atoms with Crippen molar-refractivity contribution in [1.82, 2.24) is 9.80 Å². The normalized spacial score (nSPS) is 18.0. The number of carbonyl (C=O) groups excluding carboxylic acids is 2. The van der Waals surface area contributed by atoms with E-state index in [9.17, 15) is 9.59 Å². The molecule has 138 valence electrons. The molecule has 1 saturated heterocycles. The van der Waals surface area contributed by atoms with Crippen LogP contribution in [0.15, 0.2) is 24.3 Å². The first kappa shape index (κ1) is 19.2. The van der Waals surface area contributed by atoms with Crippen molar-refractivity contribution in [1.29, 1.82) is 0 Å². The standard InChI is InChI=1S/C19H29N3O3/c1-14(2)13-21-9-10-22(15(3)18(21)24)19(25)16-5-7-17(8-6-16)20(4)11-12-23/h5-8,14-15,23H,9-13H2,1-4H3/t15-/m1/s1. The number of rotatable bonds is 6. The van der Waals surface area contributed by atoms with Gasteiger partial charge in [0, 0.05) is 44.5 Å². The average Bonchev–Trinajstić information content (AvgIpc) is 2.58. The second kappa shape index (κ2) is 8.34. The smallest absolute Gasteiger partial charge is 0.254 e. The molecule has 1 aliphatic rings. The van der Waals surface area contributed by atoms with E-state index in [1.165, 1.54) is 0 Å². The minimum atomic E-state index is -0.434. The Balaban J connectivity index is 2.06. The van der Waals surface area contributed by atoms with Gasteiger partial charge in [-0.1, -0.05) is 13.8 Å². The number of carbonyl (C=O) groups is 2. The van der Waals surface area contributed by atoms with Crippen LogP contribution < -0.4 is 4.90 Å². The number of aliphatic hydroxyl groups excluding tert-OH is 1. The van der Waals surface area contributed by atoms with E-state index in [0.717, 1.165) is 12.2 Å². The van der Waals surface area contributed by atoms with Crippen molar-refractivity contribution >= 4 is 17.5 Å². The molecule has 25 heavy (non-hydrogen) atoms. The van der Waals surface area contributed by atoms with Gasteiger partial charge < -0.3 is 19.8 Å². The summed E-state index contributed by atoms with van der Waals surface area (Å²) in [5, 5.41) is 9.00. The number of anilines is 1. The van der Waals surface area contributed by atoms with Crippen LogP contribution in [0.1, 0.15) is 31.1 Å². The second-order valence-corrected chi connectivity index (χ2v) is 7.04. The van der Waals surface area contributed by atoms with Gasteiger partial charge in [-0.15, -0.1) is 0 Å². The Labute approximate surface area is 150 Å². The van der Waals surface area contributed by atoms with Crippen molar-refractivity contribution in [3.63, 3.8) is 0 Å². The van der Waals surface area contributed by atoms with E-state index >= 15 is 0 Å². The first-order valence-electron chi connectivity index (χ1n) is 8.87. The van der Waals surface area contributed by atoms with E-state index in [1.807, 2.05) is 29.0 Å². The minimum Gasteiger partial charge on any atom is -0.395 e. The molecule has 1 aromatic carbocycles. The van der Waals surface area contributed by atoms with E-state index in [-0.39, 0.29) is 18.4 Å². The lowest BCUT2D eigenvalue weighted by atomic mass is 10.1. The van der Waals surface area contributed by atoms with E-state index in [4.69, 9.17) is 5.11 Å². The van der Waals surface area contributed by atoms with Crippen LogP contribution in [-0.2, 0) is 4.79 Å². The summed E-state index contributed by atoms with van der Waals surface area (Å²) in [5.41, 5.74) is 1.52. The number of benzene rings is 1. The van der Waals surface area contributed by atoms with Gasteiger partial charge in [-0.25, -0.2) is 0 Å². The zero-order valence-corrected chi connectivity index (χ0v) is 15.6. The van der Waals surface area contributed by atoms with Crippen molar-refractivity contribution in [3.05, 3.63) is 29.8 Å². The lowest BCUT2D eigenvalue weighted by Crippen LogP contribution is -2.58. The van der Waals surface area contributed by atoms with Gasteiger partial charge in [0.15, 0.2) is 0 Å². The molecule has 2 amide bonds. The highest BCUT2D eigenvalue weighted by atomic mass is 16.3. The maximum absolute atomic E-state index is 12.8. The fourth-order valence-corrected chi connectivity index (χ4v) is 3.13. The number of hydrogen-bond donors (Lipinski definition) is 1. The van der Waals surface area contributed by atoms with Crippen LogP contribution in [0, 0.1) is 5.92 Å². The molecule has 6 nitrogen and oxygen atoms in total. The molecule has 1 atom stereocenters. The molecule has 0 radical (unpaired) electrons. The van der Waals surface area contributed by atoms with Crippen LogP contribution in [0.3, 0.4) is 0 Å². The molecule has 6 heteroatoms. The minimum absolute atomic E-state index is 0.0209. The highest BCUT2D eigenvalue weighted by Gasteiger charge is 2.34. The van der Waals surface area contributed by atoms with Gasteiger partial charge in [-0.3, -0.25) is 9.59 Å². The zero-order chi connectivity index (χ0) is 18.6. The first-order valence-corrected chi connectivity index (χ1v) is 8.87. The monoisotopic (exact) mass is 347 g/mol. The van der Waals surface area contributed by atoms with Gasteiger partial charge >= 0.3 is 0 Å². The van der Waals surface area contributed by atoms with Crippen LogP contribution in [0.4, 0.5) is 5.69 Å². The molecule has 2 rings (SSSR count). The van der Waals surface area contributed by atoms with E-state index in [1.54, 1.807) is 24.0 Å². The number of hydrogen-bond acceptors (Lipinski definition) is 4. The number of amides is 2. The predicted octanol–water partition coefficient (Wildman–Crippen LogP) is 1.44.